The van der Waals surface area contributed by atoms with E-state index in [1.54, 1.807) is 0 Å². The van der Waals surface area contributed by atoms with Gasteiger partial charge in [-0.2, -0.15) is 5.10 Å². The predicted molar refractivity (Wildman–Crippen MR) is 70.4 cm³/mol. The molecule has 0 amide bonds. The molecule has 0 saturated heterocycles. The molecule has 1 aromatic heterocycles. The van der Waals surface area contributed by atoms with E-state index in [1.807, 2.05) is 11.6 Å². The Morgan fingerprint density at radius 3 is 2.41 bits per heavy atom. The second kappa shape index (κ2) is 4.34. The van der Waals surface area contributed by atoms with E-state index in [0.717, 1.165) is 16.9 Å². The molecule has 3 heteroatoms. The number of aromatic nitrogens is 2. The molecule has 17 heavy (non-hydrogen) atoms. The van der Waals surface area contributed by atoms with Crippen molar-refractivity contribution < 1.29 is 0 Å². The van der Waals surface area contributed by atoms with E-state index in [-0.39, 0.29) is 0 Å². The Kier molecular flexibility index (Phi) is 3.03. The molecule has 0 bridgehead atoms. The largest absolute Gasteiger partial charge is 0.326 e. The Hall–Kier alpha value is -1.61. The topological polar surface area (TPSA) is 43.8 Å². The van der Waals surface area contributed by atoms with Crippen LogP contribution in [0.3, 0.4) is 0 Å². The van der Waals surface area contributed by atoms with Crippen LogP contribution in [0.25, 0.3) is 5.69 Å². The van der Waals surface area contributed by atoms with Crippen LogP contribution in [0.2, 0.25) is 0 Å². The summed E-state index contributed by atoms with van der Waals surface area (Å²) in [6.45, 7) is 8.91. The molecule has 2 N–H and O–H groups in total. The quantitative estimate of drug-likeness (QED) is 0.860. The zero-order valence-electron chi connectivity index (χ0n) is 10.9. The Morgan fingerprint density at radius 2 is 1.88 bits per heavy atom. The van der Waals surface area contributed by atoms with Gasteiger partial charge in [-0.25, -0.2) is 4.68 Å². The SMILES string of the molecule is Cc1ccc(CN)cc1-n1nc(C)c(C)c1C. The highest BCUT2D eigenvalue weighted by molar-refractivity contribution is 5.45. The fourth-order valence-corrected chi connectivity index (χ4v) is 1.97. The van der Waals surface area contributed by atoms with Gasteiger partial charge in [-0.15, -0.1) is 0 Å². The van der Waals surface area contributed by atoms with E-state index in [2.05, 4.69) is 44.1 Å². The zero-order valence-corrected chi connectivity index (χ0v) is 10.9. The van der Waals surface area contributed by atoms with Crippen LogP contribution in [-0.4, -0.2) is 9.78 Å². The molecule has 1 aromatic carbocycles. The highest BCUT2D eigenvalue weighted by Crippen LogP contribution is 2.20. The third-order valence-electron chi connectivity index (χ3n) is 3.39. The molecule has 3 nitrogen and oxygen atoms in total. The minimum absolute atomic E-state index is 0.561. The lowest BCUT2D eigenvalue weighted by Crippen LogP contribution is -2.04. The predicted octanol–water partition coefficient (Wildman–Crippen LogP) is 2.56. The van der Waals surface area contributed by atoms with Crippen molar-refractivity contribution in [3.63, 3.8) is 0 Å². The van der Waals surface area contributed by atoms with Gasteiger partial charge >= 0.3 is 0 Å². The number of hydrogen-bond acceptors (Lipinski definition) is 2. The van der Waals surface area contributed by atoms with E-state index in [9.17, 15) is 0 Å². The van der Waals surface area contributed by atoms with Crippen LogP contribution in [-0.2, 0) is 6.54 Å². The summed E-state index contributed by atoms with van der Waals surface area (Å²) in [5.41, 5.74) is 12.7. The van der Waals surface area contributed by atoms with Gasteiger partial charge in [-0.1, -0.05) is 12.1 Å². The summed E-state index contributed by atoms with van der Waals surface area (Å²) in [5.74, 6) is 0. The minimum Gasteiger partial charge on any atom is -0.326 e. The molecular formula is C14H19N3. The number of benzene rings is 1. The van der Waals surface area contributed by atoms with Crippen LogP contribution in [0.1, 0.15) is 28.1 Å². The standard InChI is InChI=1S/C14H19N3/c1-9-5-6-13(8-15)7-14(9)17-12(4)10(2)11(3)16-17/h5-7H,8,15H2,1-4H3. The molecule has 1 heterocycles. The Bertz CT molecular complexity index is 553. The Labute approximate surface area is 102 Å². The Morgan fingerprint density at radius 1 is 1.18 bits per heavy atom. The molecular weight excluding hydrogens is 210 g/mol. The summed E-state index contributed by atoms with van der Waals surface area (Å²) in [7, 11) is 0. The van der Waals surface area contributed by atoms with E-state index < -0.39 is 0 Å². The van der Waals surface area contributed by atoms with Crippen LogP contribution in [0.5, 0.6) is 0 Å². The van der Waals surface area contributed by atoms with Crippen LogP contribution in [0.15, 0.2) is 18.2 Å². The van der Waals surface area contributed by atoms with Crippen molar-refractivity contribution in [1.82, 2.24) is 9.78 Å². The lowest BCUT2D eigenvalue weighted by atomic mass is 10.1. The molecule has 0 aliphatic carbocycles. The first-order valence-corrected chi connectivity index (χ1v) is 5.87. The van der Waals surface area contributed by atoms with Crippen molar-refractivity contribution in [2.24, 2.45) is 5.73 Å². The molecule has 0 radical (unpaired) electrons. The van der Waals surface area contributed by atoms with Crippen LogP contribution in [0, 0.1) is 27.7 Å². The first-order chi connectivity index (χ1) is 8.04. The van der Waals surface area contributed by atoms with Crippen LogP contribution in [0.4, 0.5) is 0 Å². The molecule has 0 spiro atoms. The first-order valence-electron chi connectivity index (χ1n) is 5.87. The molecule has 0 atom stereocenters. The number of hydrogen-bond donors (Lipinski definition) is 1. The molecule has 2 aromatic rings. The molecule has 0 unspecified atom stereocenters. The van der Waals surface area contributed by atoms with E-state index in [0.29, 0.717) is 6.54 Å². The minimum atomic E-state index is 0.561. The van der Waals surface area contributed by atoms with E-state index >= 15 is 0 Å². The zero-order chi connectivity index (χ0) is 12.6. The summed E-state index contributed by atoms with van der Waals surface area (Å²) in [5, 5.41) is 4.59. The summed E-state index contributed by atoms with van der Waals surface area (Å²) >= 11 is 0. The van der Waals surface area contributed by atoms with Gasteiger partial charge < -0.3 is 5.73 Å². The maximum absolute atomic E-state index is 5.69. The van der Waals surface area contributed by atoms with Gasteiger partial charge in [-0.3, -0.25) is 0 Å². The summed E-state index contributed by atoms with van der Waals surface area (Å²) in [6, 6.07) is 6.29. The van der Waals surface area contributed by atoms with Crippen molar-refractivity contribution in [3.05, 3.63) is 46.3 Å². The van der Waals surface area contributed by atoms with Gasteiger partial charge in [0.15, 0.2) is 0 Å². The third-order valence-corrected chi connectivity index (χ3v) is 3.39. The molecule has 0 aliphatic heterocycles. The lowest BCUT2D eigenvalue weighted by Gasteiger charge is -2.10. The molecule has 0 saturated carbocycles. The molecule has 0 fully saturated rings. The maximum Gasteiger partial charge on any atom is 0.0681 e. The number of nitrogens with two attached hydrogens (primary N) is 1. The van der Waals surface area contributed by atoms with Gasteiger partial charge in [0.25, 0.3) is 0 Å². The van der Waals surface area contributed by atoms with Crippen molar-refractivity contribution in [1.29, 1.82) is 0 Å². The third kappa shape index (κ3) is 1.98. The van der Waals surface area contributed by atoms with Crippen molar-refractivity contribution in [3.8, 4) is 5.69 Å². The van der Waals surface area contributed by atoms with Gasteiger partial charge in [0, 0.05) is 12.2 Å². The monoisotopic (exact) mass is 229 g/mol. The number of rotatable bonds is 2. The van der Waals surface area contributed by atoms with Gasteiger partial charge in [0.05, 0.1) is 11.4 Å². The van der Waals surface area contributed by atoms with Crippen LogP contribution < -0.4 is 5.73 Å². The van der Waals surface area contributed by atoms with E-state index in [4.69, 9.17) is 5.73 Å². The fraction of sp³-hybridized carbons (Fsp3) is 0.357. The van der Waals surface area contributed by atoms with Crippen molar-refractivity contribution in [2.45, 2.75) is 34.2 Å². The fourth-order valence-electron chi connectivity index (χ4n) is 1.97. The molecule has 0 aliphatic rings. The maximum atomic E-state index is 5.69. The molecule has 2 rings (SSSR count). The Balaban J connectivity index is 2.63. The highest BCUT2D eigenvalue weighted by atomic mass is 15.3. The average Bonchev–Trinajstić information content (AvgIpc) is 2.58. The van der Waals surface area contributed by atoms with Gasteiger partial charge in [0.1, 0.15) is 0 Å². The smallest absolute Gasteiger partial charge is 0.0681 e. The molecule has 90 valence electrons. The summed E-state index contributed by atoms with van der Waals surface area (Å²) in [4.78, 5) is 0. The second-order valence-corrected chi connectivity index (χ2v) is 4.53. The number of aryl methyl sites for hydroxylation is 2. The first kappa shape index (κ1) is 11.9. The summed E-state index contributed by atoms with van der Waals surface area (Å²) < 4.78 is 2.01. The summed E-state index contributed by atoms with van der Waals surface area (Å²) in [6.07, 6.45) is 0. The van der Waals surface area contributed by atoms with Gasteiger partial charge in [0.2, 0.25) is 0 Å². The average molecular weight is 229 g/mol. The van der Waals surface area contributed by atoms with Gasteiger partial charge in [-0.05, 0) is 50.5 Å². The highest BCUT2D eigenvalue weighted by Gasteiger charge is 2.10. The van der Waals surface area contributed by atoms with E-state index in [1.165, 1.54) is 16.8 Å². The van der Waals surface area contributed by atoms with Crippen molar-refractivity contribution in [2.75, 3.05) is 0 Å². The lowest BCUT2D eigenvalue weighted by molar-refractivity contribution is 0.824. The normalized spacial score (nSPS) is 10.9. The second-order valence-electron chi connectivity index (χ2n) is 4.53. The van der Waals surface area contributed by atoms with Crippen molar-refractivity contribution >= 4 is 0 Å². The van der Waals surface area contributed by atoms with Crippen LogP contribution >= 0.6 is 0 Å². The number of nitrogens with zero attached hydrogens (tertiary/aromatic N) is 2.